The van der Waals surface area contributed by atoms with Gasteiger partial charge < -0.3 is 10.1 Å². The summed E-state index contributed by atoms with van der Waals surface area (Å²) < 4.78 is 5.15. The summed E-state index contributed by atoms with van der Waals surface area (Å²) in [4.78, 5) is 2.55. The van der Waals surface area contributed by atoms with Crippen molar-refractivity contribution in [2.75, 3.05) is 26.7 Å². The number of ether oxygens (including phenoxy) is 1. The Bertz CT molecular complexity index is 407. The molecule has 4 heteroatoms. The molecule has 106 valence electrons. The zero-order chi connectivity index (χ0) is 13.7. The van der Waals surface area contributed by atoms with Crippen molar-refractivity contribution in [1.29, 1.82) is 0 Å². The highest BCUT2D eigenvalue weighted by molar-refractivity contribution is 6.32. The van der Waals surface area contributed by atoms with Crippen LogP contribution in [0, 0.1) is 0 Å². The molecule has 0 radical (unpaired) electrons. The van der Waals surface area contributed by atoms with Crippen molar-refractivity contribution in [1.82, 2.24) is 10.2 Å². The Morgan fingerprint density at radius 2 is 2.21 bits per heavy atom. The third kappa shape index (κ3) is 4.37. The fraction of sp³-hybridized carbons (Fsp3) is 0.600. The van der Waals surface area contributed by atoms with E-state index in [0.29, 0.717) is 5.02 Å². The Balaban J connectivity index is 1.71. The van der Waals surface area contributed by atoms with Gasteiger partial charge in [-0.25, -0.2) is 0 Å². The van der Waals surface area contributed by atoms with Gasteiger partial charge in [-0.05, 0) is 37.1 Å². The summed E-state index contributed by atoms with van der Waals surface area (Å²) in [5.74, 6) is 0.733. The molecule has 0 aromatic heterocycles. The predicted molar refractivity (Wildman–Crippen MR) is 80.0 cm³/mol. The summed E-state index contributed by atoms with van der Waals surface area (Å²) in [5.41, 5.74) is 1.19. The van der Waals surface area contributed by atoms with Gasteiger partial charge in [0.15, 0.2) is 0 Å². The van der Waals surface area contributed by atoms with Gasteiger partial charge in [0.25, 0.3) is 0 Å². The van der Waals surface area contributed by atoms with E-state index in [9.17, 15) is 0 Å². The number of nitrogens with one attached hydrogen (secondary N) is 1. The minimum atomic E-state index is 0.676. The van der Waals surface area contributed by atoms with E-state index in [1.807, 2.05) is 12.1 Å². The first kappa shape index (κ1) is 14.6. The number of nitrogens with zero attached hydrogens (tertiary/aromatic N) is 1. The molecule has 0 unspecified atom stereocenters. The Morgan fingerprint density at radius 1 is 1.42 bits per heavy atom. The fourth-order valence-corrected chi connectivity index (χ4v) is 2.59. The molecule has 1 aliphatic carbocycles. The Morgan fingerprint density at radius 3 is 2.79 bits per heavy atom. The Labute approximate surface area is 120 Å². The topological polar surface area (TPSA) is 24.5 Å². The van der Waals surface area contributed by atoms with Crippen molar-refractivity contribution in [3.8, 4) is 5.75 Å². The number of benzene rings is 1. The summed E-state index contributed by atoms with van der Waals surface area (Å²) in [6, 6.07) is 6.78. The van der Waals surface area contributed by atoms with E-state index in [1.54, 1.807) is 7.11 Å². The van der Waals surface area contributed by atoms with Crippen molar-refractivity contribution in [3.63, 3.8) is 0 Å². The van der Waals surface area contributed by atoms with E-state index in [-0.39, 0.29) is 0 Å². The maximum absolute atomic E-state index is 6.10. The van der Waals surface area contributed by atoms with Crippen LogP contribution < -0.4 is 10.1 Å². The Kier molecular flexibility index (Phi) is 5.49. The molecular formula is C15H23ClN2O. The van der Waals surface area contributed by atoms with Crippen molar-refractivity contribution in [2.24, 2.45) is 0 Å². The summed E-state index contributed by atoms with van der Waals surface area (Å²) in [6.07, 6.45) is 2.75. The van der Waals surface area contributed by atoms with Gasteiger partial charge in [-0.15, -0.1) is 0 Å². The lowest BCUT2D eigenvalue weighted by molar-refractivity contribution is 0.277. The summed E-state index contributed by atoms with van der Waals surface area (Å²) in [6.45, 7) is 6.40. The van der Waals surface area contributed by atoms with Gasteiger partial charge in [-0.2, -0.15) is 0 Å². The van der Waals surface area contributed by atoms with Gasteiger partial charge in [-0.3, -0.25) is 4.90 Å². The van der Waals surface area contributed by atoms with Crippen LogP contribution in [0.1, 0.15) is 25.3 Å². The zero-order valence-electron chi connectivity index (χ0n) is 11.8. The molecule has 0 spiro atoms. The summed E-state index contributed by atoms with van der Waals surface area (Å²) in [5, 5.41) is 4.15. The van der Waals surface area contributed by atoms with E-state index in [1.165, 1.54) is 18.4 Å². The number of methoxy groups -OCH3 is 1. The maximum Gasteiger partial charge on any atom is 0.137 e. The predicted octanol–water partition coefficient (Wildman–Crippen LogP) is 2.92. The quantitative estimate of drug-likeness (QED) is 0.742. The van der Waals surface area contributed by atoms with Crippen molar-refractivity contribution >= 4 is 11.6 Å². The molecule has 0 heterocycles. The highest BCUT2D eigenvalue weighted by atomic mass is 35.5. The van der Waals surface area contributed by atoms with Gasteiger partial charge in [0.2, 0.25) is 0 Å². The molecular weight excluding hydrogens is 260 g/mol. The first-order valence-corrected chi connectivity index (χ1v) is 7.39. The first-order valence-electron chi connectivity index (χ1n) is 7.01. The summed E-state index contributed by atoms with van der Waals surface area (Å²) in [7, 11) is 1.64. The molecule has 19 heavy (non-hydrogen) atoms. The Hall–Kier alpha value is -0.770. The molecule has 3 nitrogen and oxygen atoms in total. The van der Waals surface area contributed by atoms with Crippen LogP contribution in [0.2, 0.25) is 5.02 Å². The van der Waals surface area contributed by atoms with Crippen LogP contribution in [0.3, 0.4) is 0 Å². The first-order chi connectivity index (χ1) is 9.24. The SMILES string of the molecule is CCN(CCNCc1ccc(OC)c(Cl)c1)C1CC1. The average Bonchev–Trinajstić information content (AvgIpc) is 3.23. The second-order valence-electron chi connectivity index (χ2n) is 5.01. The molecule has 1 N–H and O–H groups in total. The van der Waals surface area contributed by atoms with Crippen LogP contribution >= 0.6 is 11.6 Å². The molecule has 1 fully saturated rings. The monoisotopic (exact) mass is 282 g/mol. The molecule has 1 aliphatic rings. The number of likely N-dealkylation sites (N-methyl/N-ethyl adjacent to an activating group) is 1. The van der Waals surface area contributed by atoms with Crippen molar-refractivity contribution < 1.29 is 4.74 Å². The highest BCUT2D eigenvalue weighted by Crippen LogP contribution is 2.26. The second-order valence-corrected chi connectivity index (χ2v) is 5.41. The molecule has 1 aromatic carbocycles. The normalized spacial score (nSPS) is 14.9. The average molecular weight is 283 g/mol. The zero-order valence-corrected chi connectivity index (χ0v) is 12.5. The van der Waals surface area contributed by atoms with Gasteiger partial charge in [0.05, 0.1) is 12.1 Å². The van der Waals surface area contributed by atoms with Crippen LogP contribution in [0.4, 0.5) is 0 Å². The van der Waals surface area contributed by atoms with Gasteiger partial charge in [-0.1, -0.05) is 24.6 Å². The third-order valence-corrected chi connectivity index (χ3v) is 3.89. The molecule has 1 aromatic rings. The molecule has 0 atom stereocenters. The van der Waals surface area contributed by atoms with Crippen LogP contribution in [0.5, 0.6) is 5.75 Å². The number of halogens is 1. The van der Waals surface area contributed by atoms with E-state index in [0.717, 1.165) is 38.0 Å². The highest BCUT2D eigenvalue weighted by Gasteiger charge is 2.26. The minimum Gasteiger partial charge on any atom is -0.495 e. The molecule has 0 aliphatic heterocycles. The lowest BCUT2D eigenvalue weighted by Crippen LogP contribution is -2.33. The van der Waals surface area contributed by atoms with Crippen LogP contribution in [0.25, 0.3) is 0 Å². The number of hydrogen-bond acceptors (Lipinski definition) is 3. The maximum atomic E-state index is 6.10. The van der Waals surface area contributed by atoms with Crippen LogP contribution in [0.15, 0.2) is 18.2 Å². The molecule has 1 saturated carbocycles. The van der Waals surface area contributed by atoms with Gasteiger partial charge in [0, 0.05) is 25.7 Å². The largest absolute Gasteiger partial charge is 0.495 e. The van der Waals surface area contributed by atoms with Crippen molar-refractivity contribution in [3.05, 3.63) is 28.8 Å². The van der Waals surface area contributed by atoms with Gasteiger partial charge in [0.1, 0.15) is 5.75 Å². The van der Waals surface area contributed by atoms with Crippen LogP contribution in [-0.4, -0.2) is 37.7 Å². The third-order valence-electron chi connectivity index (χ3n) is 3.59. The van der Waals surface area contributed by atoms with Crippen LogP contribution in [-0.2, 0) is 6.54 Å². The van der Waals surface area contributed by atoms with E-state index >= 15 is 0 Å². The number of rotatable bonds is 8. The summed E-state index contributed by atoms with van der Waals surface area (Å²) >= 11 is 6.10. The fourth-order valence-electron chi connectivity index (χ4n) is 2.31. The molecule has 0 bridgehead atoms. The smallest absolute Gasteiger partial charge is 0.137 e. The molecule has 0 amide bonds. The molecule has 2 rings (SSSR count). The molecule has 0 saturated heterocycles. The number of hydrogen-bond donors (Lipinski definition) is 1. The van der Waals surface area contributed by atoms with Gasteiger partial charge >= 0.3 is 0 Å². The second kappa shape index (κ2) is 7.13. The van der Waals surface area contributed by atoms with E-state index in [2.05, 4.69) is 23.2 Å². The lowest BCUT2D eigenvalue weighted by atomic mass is 10.2. The standard InChI is InChI=1S/C15H23ClN2O/c1-3-18(13-5-6-13)9-8-17-11-12-4-7-15(19-2)14(16)10-12/h4,7,10,13,17H,3,5-6,8-9,11H2,1-2H3. The lowest BCUT2D eigenvalue weighted by Gasteiger charge is -2.19. The van der Waals surface area contributed by atoms with Crippen molar-refractivity contribution in [2.45, 2.75) is 32.4 Å². The van der Waals surface area contributed by atoms with E-state index < -0.39 is 0 Å². The van der Waals surface area contributed by atoms with E-state index in [4.69, 9.17) is 16.3 Å². The minimum absolute atomic E-state index is 0.676.